The Morgan fingerprint density at radius 3 is 2.14 bits per heavy atom. The lowest BCUT2D eigenvalue weighted by atomic mass is 10.1. The minimum Gasteiger partial charge on any atom is -0.264 e. The van der Waals surface area contributed by atoms with E-state index in [9.17, 15) is 4.79 Å². The maximum Gasteiger partial charge on any atom is 0.372 e. The molecule has 0 rings (SSSR count). The zero-order valence-electron chi connectivity index (χ0n) is 9.42. The van der Waals surface area contributed by atoms with E-state index < -0.39 is 11.6 Å². The van der Waals surface area contributed by atoms with Crippen molar-refractivity contribution < 1.29 is 19.6 Å². The van der Waals surface area contributed by atoms with Crippen LogP contribution in [0.2, 0.25) is 0 Å². The van der Waals surface area contributed by atoms with E-state index in [-0.39, 0.29) is 5.92 Å². The zero-order valence-corrected chi connectivity index (χ0v) is 9.42. The van der Waals surface area contributed by atoms with Crippen LogP contribution in [0, 0.1) is 5.92 Å². The van der Waals surface area contributed by atoms with Gasteiger partial charge in [-0.05, 0) is 31.7 Å². The molecule has 0 aromatic heterocycles. The summed E-state index contributed by atoms with van der Waals surface area (Å²) in [6, 6.07) is 0. The van der Waals surface area contributed by atoms with Crippen molar-refractivity contribution in [2.75, 3.05) is 0 Å². The third-order valence-corrected chi connectivity index (χ3v) is 1.35. The summed E-state index contributed by atoms with van der Waals surface area (Å²) in [4.78, 5) is 20.3. The molecule has 0 spiro atoms. The first-order valence-electron chi connectivity index (χ1n) is 4.49. The van der Waals surface area contributed by atoms with Crippen LogP contribution in [-0.2, 0) is 19.6 Å². The van der Waals surface area contributed by atoms with E-state index in [1.54, 1.807) is 20.8 Å². The van der Waals surface area contributed by atoms with Crippen molar-refractivity contribution in [3.8, 4) is 0 Å². The van der Waals surface area contributed by atoms with E-state index in [1.807, 2.05) is 13.8 Å². The van der Waals surface area contributed by atoms with Crippen LogP contribution in [0.4, 0.5) is 0 Å². The second-order valence-corrected chi connectivity index (χ2v) is 4.31. The van der Waals surface area contributed by atoms with Gasteiger partial charge in [-0.25, -0.2) is 4.79 Å². The van der Waals surface area contributed by atoms with Gasteiger partial charge < -0.3 is 0 Å². The van der Waals surface area contributed by atoms with E-state index >= 15 is 0 Å². The molecular weight excluding hydrogens is 184 g/mol. The van der Waals surface area contributed by atoms with Crippen molar-refractivity contribution in [2.24, 2.45) is 5.92 Å². The monoisotopic (exact) mass is 202 g/mol. The third kappa shape index (κ3) is 5.72. The highest BCUT2D eigenvalue weighted by atomic mass is 17.5. The summed E-state index contributed by atoms with van der Waals surface area (Å²) in [7, 11) is 0. The highest BCUT2D eigenvalue weighted by molar-refractivity contribution is 5.87. The highest BCUT2D eigenvalue weighted by Crippen LogP contribution is 2.11. The van der Waals surface area contributed by atoms with Crippen LogP contribution in [0.5, 0.6) is 0 Å². The van der Waals surface area contributed by atoms with Crippen LogP contribution in [-0.4, -0.2) is 11.6 Å². The van der Waals surface area contributed by atoms with Crippen LogP contribution in [0.25, 0.3) is 0 Å². The Morgan fingerprint density at radius 1 is 1.29 bits per heavy atom. The predicted molar refractivity (Wildman–Crippen MR) is 52.0 cm³/mol. The summed E-state index contributed by atoms with van der Waals surface area (Å²) in [5, 5.41) is 4.32. The summed E-state index contributed by atoms with van der Waals surface area (Å²) in [5.41, 5.74) is -0.165. The van der Waals surface area contributed by atoms with E-state index in [2.05, 4.69) is 16.5 Å². The minimum absolute atomic E-state index is 0.0285. The molecule has 0 fully saturated rings. The first kappa shape index (κ1) is 13.1. The molecule has 0 aliphatic carbocycles. The first-order valence-corrected chi connectivity index (χ1v) is 4.49. The molecule has 4 heteroatoms. The fraction of sp³-hybridized carbons (Fsp3) is 0.700. The summed E-state index contributed by atoms with van der Waals surface area (Å²) >= 11 is 0. The molecule has 4 nitrogen and oxygen atoms in total. The molecule has 0 amide bonds. The van der Waals surface area contributed by atoms with Gasteiger partial charge in [0.15, 0.2) is 0 Å². The third-order valence-electron chi connectivity index (χ3n) is 1.35. The minimum atomic E-state index is -0.607. The summed E-state index contributed by atoms with van der Waals surface area (Å²) in [6.45, 7) is 12.6. The summed E-state index contributed by atoms with van der Waals surface area (Å²) in [5.74, 6) is -0.579. The summed E-state index contributed by atoms with van der Waals surface area (Å²) in [6.07, 6.45) is 0. The Bertz CT molecular complexity index is 213. The smallest absolute Gasteiger partial charge is 0.264 e. The summed E-state index contributed by atoms with van der Waals surface area (Å²) < 4.78 is 0. The second kappa shape index (κ2) is 5.12. The lowest BCUT2D eigenvalue weighted by Crippen LogP contribution is -2.21. The molecule has 14 heavy (non-hydrogen) atoms. The van der Waals surface area contributed by atoms with E-state index in [0.717, 1.165) is 0 Å². The van der Waals surface area contributed by atoms with Gasteiger partial charge in [0, 0.05) is 5.57 Å². The second-order valence-electron chi connectivity index (χ2n) is 4.31. The van der Waals surface area contributed by atoms with Crippen molar-refractivity contribution in [3.05, 3.63) is 12.2 Å². The van der Waals surface area contributed by atoms with Gasteiger partial charge >= 0.3 is 5.97 Å². The van der Waals surface area contributed by atoms with E-state index in [4.69, 9.17) is 4.89 Å². The molecule has 0 N–H and O–H groups in total. The van der Waals surface area contributed by atoms with E-state index in [0.29, 0.717) is 5.57 Å². The molecule has 0 unspecified atom stereocenters. The quantitative estimate of drug-likeness (QED) is 0.399. The molecule has 0 atom stereocenters. The van der Waals surface area contributed by atoms with Crippen molar-refractivity contribution in [1.82, 2.24) is 0 Å². The number of hydrogen-bond acceptors (Lipinski definition) is 4. The largest absolute Gasteiger partial charge is 0.372 e. The van der Waals surface area contributed by atoms with Gasteiger partial charge in [-0.2, -0.15) is 4.89 Å². The van der Waals surface area contributed by atoms with Gasteiger partial charge in [0.2, 0.25) is 0 Å². The van der Waals surface area contributed by atoms with Gasteiger partial charge in [0.25, 0.3) is 0 Å². The van der Waals surface area contributed by atoms with Crippen molar-refractivity contribution in [3.63, 3.8) is 0 Å². The number of rotatable bonds is 4. The van der Waals surface area contributed by atoms with Gasteiger partial charge in [-0.3, -0.25) is 4.89 Å². The Labute approximate surface area is 84.7 Å². The highest BCUT2D eigenvalue weighted by Gasteiger charge is 2.17. The van der Waals surface area contributed by atoms with Crippen molar-refractivity contribution in [2.45, 2.75) is 40.2 Å². The molecule has 0 bridgehead atoms. The molecule has 0 saturated carbocycles. The topological polar surface area (TPSA) is 44.8 Å². The lowest BCUT2D eigenvalue weighted by Gasteiger charge is -2.15. The number of hydrogen-bond donors (Lipinski definition) is 0. The fourth-order valence-corrected chi connectivity index (χ4v) is 0.439. The Balaban J connectivity index is 3.82. The maximum absolute atomic E-state index is 11.1. The SMILES string of the molecule is C=C(C(=O)OOOC(C)(C)C)C(C)C. The number of carbonyl (C=O) groups is 1. The number of carbonyl (C=O) groups excluding carboxylic acids is 1. The van der Waals surface area contributed by atoms with Crippen LogP contribution in [0.3, 0.4) is 0 Å². The molecule has 82 valence electrons. The Morgan fingerprint density at radius 2 is 1.79 bits per heavy atom. The molecule has 0 aromatic carbocycles. The standard InChI is InChI=1S/C10H18O4/c1-7(2)8(3)9(11)12-14-13-10(4,5)6/h7H,3H2,1-2,4-6H3. The lowest BCUT2D eigenvalue weighted by molar-refractivity contribution is -0.513. The van der Waals surface area contributed by atoms with Crippen LogP contribution < -0.4 is 0 Å². The van der Waals surface area contributed by atoms with Gasteiger partial charge in [-0.15, -0.1) is 0 Å². The van der Waals surface area contributed by atoms with E-state index in [1.165, 1.54) is 0 Å². The maximum atomic E-state index is 11.1. The molecule has 0 heterocycles. The predicted octanol–water partition coefficient (Wildman–Crippen LogP) is 2.40. The molecule has 0 saturated heterocycles. The van der Waals surface area contributed by atoms with Crippen LogP contribution in [0.15, 0.2) is 12.2 Å². The van der Waals surface area contributed by atoms with Crippen molar-refractivity contribution in [1.29, 1.82) is 0 Å². The Hall–Kier alpha value is -0.870. The molecule has 0 aliphatic rings. The van der Waals surface area contributed by atoms with Gasteiger partial charge in [-0.1, -0.05) is 20.4 Å². The van der Waals surface area contributed by atoms with Crippen LogP contribution >= 0.6 is 0 Å². The fourth-order valence-electron chi connectivity index (χ4n) is 0.439. The molecule has 0 aromatic rings. The Kier molecular flexibility index (Phi) is 4.80. The average Bonchev–Trinajstić information content (AvgIpc) is 2.00. The average molecular weight is 202 g/mol. The van der Waals surface area contributed by atoms with Gasteiger partial charge in [0.1, 0.15) is 0 Å². The first-order chi connectivity index (χ1) is 6.24. The zero-order chi connectivity index (χ0) is 11.4. The van der Waals surface area contributed by atoms with Gasteiger partial charge in [0.05, 0.1) is 5.60 Å². The molecule has 0 aliphatic heterocycles. The molecule has 0 radical (unpaired) electrons. The van der Waals surface area contributed by atoms with Crippen LogP contribution in [0.1, 0.15) is 34.6 Å². The molecular formula is C10H18O4. The normalized spacial score (nSPS) is 11.6. The van der Waals surface area contributed by atoms with Crippen molar-refractivity contribution >= 4 is 5.97 Å².